The summed E-state index contributed by atoms with van der Waals surface area (Å²) in [4.78, 5) is 26.2. The molecule has 0 spiro atoms. The number of aliphatic hydroxyl groups excluding tert-OH is 2. The van der Waals surface area contributed by atoms with Gasteiger partial charge in [0.2, 0.25) is 0 Å². The zero-order valence-corrected chi connectivity index (χ0v) is 57.5. The van der Waals surface area contributed by atoms with Crippen LogP contribution in [0.15, 0.2) is 84.9 Å². The van der Waals surface area contributed by atoms with Crippen LogP contribution in [0.3, 0.4) is 0 Å². The Bertz CT molecular complexity index is 2880. The Labute approximate surface area is 523 Å². The minimum Gasteiger partial charge on any atom is -0.497 e. The highest BCUT2D eigenvalue weighted by molar-refractivity contribution is 6.76. The maximum Gasteiger partial charge on any atom is 0.338 e. The van der Waals surface area contributed by atoms with Crippen LogP contribution in [0.2, 0.25) is 51.4 Å². The van der Waals surface area contributed by atoms with Crippen molar-refractivity contribution in [1.82, 2.24) is 0 Å². The summed E-state index contributed by atoms with van der Waals surface area (Å²) in [5, 5.41) is 22.0. The highest BCUT2D eigenvalue weighted by atomic mass is 28.3. The number of benzene rings is 4. The Hall–Kier alpha value is -5.17. The Morgan fingerprint density at radius 1 is 0.632 bits per heavy atom. The van der Waals surface area contributed by atoms with Crippen molar-refractivity contribution in [3.63, 3.8) is 0 Å². The smallest absolute Gasteiger partial charge is 0.338 e. The van der Waals surface area contributed by atoms with E-state index in [2.05, 4.69) is 70.2 Å². The van der Waals surface area contributed by atoms with Crippen LogP contribution in [-0.4, -0.2) is 127 Å². The summed E-state index contributed by atoms with van der Waals surface area (Å²) in [6.45, 7) is 33.6. The first-order valence-corrected chi connectivity index (χ1v) is 38.6. The van der Waals surface area contributed by atoms with Crippen molar-refractivity contribution in [1.29, 1.82) is 0 Å². The second-order valence-electron chi connectivity index (χ2n) is 26.7. The Morgan fingerprint density at radius 3 is 1.54 bits per heavy atom. The molecule has 480 valence electrons. The lowest BCUT2D eigenvalue weighted by molar-refractivity contribution is -0.153. The molecule has 0 amide bonds. The van der Waals surface area contributed by atoms with Crippen molar-refractivity contribution in [3.05, 3.63) is 141 Å². The van der Waals surface area contributed by atoms with Gasteiger partial charge in [-0.2, -0.15) is 0 Å². The molecule has 0 bridgehead atoms. The number of ether oxygens (including phenoxy) is 10. The van der Waals surface area contributed by atoms with E-state index in [9.17, 15) is 19.8 Å². The first-order chi connectivity index (χ1) is 40.9. The fourth-order valence-corrected chi connectivity index (χ4v) is 12.1. The molecule has 7 atom stereocenters. The molecule has 2 heterocycles. The lowest BCUT2D eigenvalue weighted by Gasteiger charge is -2.21. The maximum absolute atomic E-state index is 13.1. The second kappa shape index (κ2) is 34.1. The summed E-state index contributed by atoms with van der Waals surface area (Å²) in [6, 6.07) is 25.7. The van der Waals surface area contributed by atoms with Crippen LogP contribution in [0.4, 0.5) is 0 Å². The molecule has 6 rings (SSSR count). The molecule has 0 radical (unpaired) electrons. The maximum atomic E-state index is 13.1. The summed E-state index contributed by atoms with van der Waals surface area (Å²) >= 11 is 0. The molecule has 16 heteroatoms. The number of aryl methyl sites for hydroxylation is 6. The topological polar surface area (TPSA) is 167 Å². The van der Waals surface area contributed by atoms with Crippen molar-refractivity contribution >= 4 is 28.1 Å². The Kier molecular flexibility index (Phi) is 28.5. The quantitative estimate of drug-likeness (QED) is 0.0166. The fourth-order valence-electron chi connectivity index (χ4n) is 10.7. The summed E-state index contributed by atoms with van der Waals surface area (Å²) in [5.74, 6) is 5.58. The van der Waals surface area contributed by atoms with E-state index < -0.39 is 52.1 Å². The number of hydrogen-bond acceptors (Lipinski definition) is 14. The van der Waals surface area contributed by atoms with Gasteiger partial charge in [0.05, 0.1) is 76.7 Å². The molecule has 2 saturated heterocycles. The molecular formula is C71H104O14Si2. The minimum absolute atomic E-state index is 0.0982. The van der Waals surface area contributed by atoms with E-state index in [0.29, 0.717) is 82.7 Å². The van der Waals surface area contributed by atoms with Gasteiger partial charge in [-0.1, -0.05) is 123 Å². The molecule has 0 aromatic heterocycles. The van der Waals surface area contributed by atoms with Crippen LogP contribution in [0.5, 0.6) is 11.5 Å². The molecule has 87 heavy (non-hydrogen) atoms. The molecule has 2 N–H and O–H groups in total. The first kappa shape index (κ1) is 72.6. The van der Waals surface area contributed by atoms with E-state index in [1.165, 1.54) is 0 Å². The van der Waals surface area contributed by atoms with Crippen molar-refractivity contribution in [2.75, 3.05) is 34.0 Å². The number of carbonyl (C=O) groups excluding carboxylic acids is 2. The molecule has 4 aromatic carbocycles. The lowest BCUT2D eigenvalue weighted by atomic mass is 9.93. The highest BCUT2D eigenvalue weighted by Crippen LogP contribution is 2.35. The number of hydrogen-bond donors (Lipinski definition) is 2. The second-order valence-corrected chi connectivity index (χ2v) is 38.0. The number of esters is 2. The molecule has 0 aliphatic carbocycles. The molecule has 0 saturated carbocycles. The van der Waals surface area contributed by atoms with Crippen LogP contribution in [0.25, 0.3) is 0 Å². The van der Waals surface area contributed by atoms with Crippen molar-refractivity contribution in [2.45, 2.75) is 233 Å². The zero-order valence-electron chi connectivity index (χ0n) is 55.5. The van der Waals surface area contributed by atoms with Gasteiger partial charge in [0.25, 0.3) is 0 Å². The predicted molar refractivity (Wildman–Crippen MR) is 350 cm³/mol. The van der Waals surface area contributed by atoms with E-state index in [0.717, 1.165) is 80.9 Å². The minimum atomic E-state index is -1.30. The van der Waals surface area contributed by atoms with Gasteiger partial charge in [-0.15, -0.1) is 0 Å². The van der Waals surface area contributed by atoms with Crippen molar-refractivity contribution in [2.24, 2.45) is 0 Å². The van der Waals surface area contributed by atoms with Crippen molar-refractivity contribution in [3.8, 4) is 23.3 Å². The third-order valence-electron chi connectivity index (χ3n) is 15.2. The third kappa shape index (κ3) is 25.3. The number of aliphatic hydroxyl groups is 2. The van der Waals surface area contributed by atoms with Crippen molar-refractivity contribution < 1.29 is 67.2 Å². The monoisotopic (exact) mass is 1240 g/mol. The Balaban J connectivity index is 0.000000317. The molecule has 2 aliphatic rings. The summed E-state index contributed by atoms with van der Waals surface area (Å²) in [5.41, 5.74) is 9.59. The van der Waals surface area contributed by atoms with Gasteiger partial charge in [0.1, 0.15) is 35.9 Å². The number of carbonyl (C=O) groups is 2. The number of rotatable bonds is 30. The average Bonchev–Trinajstić information content (AvgIpc) is 2.14. The van der Waals surface area contributed by atoms with Gasteiger partial charge < -0.3 is 57.6 Å². The summed E-state index contributed by atoms with van der Waals surface area (Å²) < 4.78 is 58.1. The zero-order chi connectivity index (χ0) is 64.1. The highest BCUT2D eigenvalue weighted by Gasteiger charge is 2.45. The normalized spacial score (nSPS) is 19.1. The molecule has 2 fully saturated rings. The molecule has 5 unspecified atom stereocenters. The predicted octanol–water partition coefficient (Wildman–Crippen LogP) is 14.2. The van der Waals surface area contributed by atoms with Gasteiger partial charge in [-0.05, 0) is 177 Å². The first-order valence-electron chi connectivity index (χ1n) is 31.2. The van der Waals surface area contributed by atoms with Crippen LogP contribution in [-0.2, 0) is 64.0 Å². The lowest BCUT2D eigenvalue weighted by Crippen LogP contribution is -2.34. The Morgan fingerprint density at radius 2 is 1.08 bits per heavy atom. The average molecular weight is 1240 g/mol. The molecule has 14 nitrogen and oxygen atoms in total. The van der Waals surface area contributed by atoms with Gasteiger partial charge in [0.15, 0.2) is 11.6 Å². The van der Waals surface area contributed by atoms with Crippen LogP contribution in [0, 0.1) is 39.5 Å². The van der Waals surface area contributed by atoms with E-state index in [-0.39, 0.29) is 30.3 Å². The molecule has 4 aromatic rings. The standard InChI is InChI=1S/C36H52O7Si.C35H52O7Si/c1-25-22-26(2)33(35(38)40-20-21-44(7,8)9)29(23-25)13-11-15-32-34(43-36(4,5)42-32)31(37)14-10-12-27(3)41-24-28-16-18-30(39-6)19-17-28;1-25-22-26(2)32(34(37)40-20-21-43(6,7)8)28(23-25)12-11-14-31-33(42-35(3,4)41-31)30(36)13-9-10-19-39-24-27-15-17-29(38-5)18-16-27/h16-19,22-23,27,31-32,34,37H,11-13,15,20-21,24H2,1-9H3;9,13,15-18,22-23,30-31,33,36H,10-12,14,19-21,24H2,1-8H3/b;13-9-/t27?,31?,32-,34?;30?,31-,33?/m00/s1. The third-order valence-corrected chi connectivity index (χ3v) is 18.6. The van der Waals surface area contributed by atoms with E-state index >= 15 is 0 Å². The fraction of sp³-hybridized carbons (Fsp3) is 0.577. The van der Waals surface area contributed by atoms with E-state index in [1.807, 2.05) is 122 Å². The van der Waals surface area contributed by atoms with Gasteiger partial charge >= 0.3 is 11.9 Å². The molecular weight excluding hydrogens is 1130 g/mol. The number of methoxy groups -OCH3 is 2. The van der Waals surface area contributed by atoms with Gasteiger partial charge in [-0.25, -0.2) is 9.59 Å². The van der Waals surface area contributed by atoms with E-state index in [4.69, 9.17) is 47.4 Å². The van der Waals surface area contributed by atoms with Crippen LogP contribution < -0.4 is 9.47 Å². The summed E-state index contributed by atoms with van der Waals surface area (Å²) in [6.07, 6.45) is 5.65. The summed E-state index contributed by atoms with van der Waals surface area (Å²) in [7, 11) is 0.697. The van der Waals surface area contributed by atoms with Gasteiger partial charge in [-0.3, -0.25) is 0 Å². The van der Waals surface area contributed by atoms with Crippen LogP contribution in [0.1, 0.15) is 138 Å². The van der Waals surface area contributed by atoms with E-state index in [1.54, 1.807) is 20.3 Å². The van der Waals surface area contributed by atoms with Crippen LogP contribution >= 0.6 is 0 Å². The SMILES string of the molecule is COc1ccc(COC(C)CC#CC(O)C2OC(C)(C)O[C@H]2CCCc2cc(C)cc(C)c2C(=O)OCC[Si](C)(C)C)cc1.COc1ccc(COCC/C=C\C(O)C2OC(C)(C)O[C@H]2CCCc2cc(C)cc(C)c2C(=O)OCC[Si](C)(C)C)cc1. The largest absolute Gasteiger partial charge is 0.497 e. The van der Waals surface area contributed by atoms with Gasteiger partial charge in [0, 0.05) is 22.6 Å². The molecule has 2 aliphatic heterocycles.